The van der Waals surface area contributed by atoms with E-state index in [0.717, 1.165) is 11.3 Å². The van der Waals surface area contributed by atoms with Gasteiger partial charge in [-0.25, -0.2) is 0 Å². The Morgan fingerprint density at radius 2 is 1.55 bits per heavy atom. The Hall–Kier alpha value is -2.62. The predicted molar refractivity (Wildman–Crippen MR) is 81.8 cm³/mol. The standard InChI is InChI=1S/C16H17N3O/c1-18-12-9-7-11(8-10-12)15(17)13-5-3-4-6-14(13)16(20)19-2/h3-10,17-18H,1-2H3,(H,19,20). The van der Waals surface area contributed by atoms with Gasteiger partial charge in [-0.05, 0) is 18.2 Å². The molecule has 0 aliphatic heterocycles. The summed E-state index contributed by atoms with van der Waals surface area (Å²) in [4.78, 5) is 11.9. The number of nitrogens with one attached hydrogen (secondary N) is 3. The van der Waals surface area contributed by atoms with Crippen LogP contribution in [0.5, 0.6) is 0 Å². The number of carbonyl (C=O) groups excluding carboxylic acids is 1. The lowest BCUT2D eigenvalue weighted by atomic mass is 9.97. The summed E-state index contributed by atoms with van der Waals surface area (Å²) in [6.07, 6.45) is 0. The second-order valence-electron chi connectivity index (χ2n) is 4.33. The molecule has 2 rings (SSSR count). The van der Waals surface area contributed by atoms with E-state index in [1.807, 2.05) is 37.4 Å². The van der Waals surface area contributed by atoms with Crippen LogP contribution in [-0.2, 0) is 0 Å². The maximum Gasteiger partial charge on any atom is 0.251 e. The van der Waals surface area contributed by atoms with E-state index in [4.69, 9.17) is 5.41 Å². The topological polar surface area (TPSA) is 65.0 Å². The third kappa shape index (κ3) is 2.69. The van der Waals surface area contributed by atoms with Crippen molar-refractivity contribution in [2.75, 3.05) is 19.4 Å². The predicted octanol–water partition coefficient (Wildman–Crippen LogP) is 2.50. The molecule has 0 spiro atoms. The molecule has 1 amide bonds. The Morgan fingerprint density at radius 3 is 2.10 bits per heavy atom. The van der Waals surface area contributed by atoms with Gasteiger partial charge < -0.3 is 10.6 Å². The minimum atomic E-state index is -0.183. The highest BCUT2D eigenvalue weighted by Crippen LogP contribution is 2.16. The Labute approximate surface area is 118 Å². The van der Waals surface area contributed by atoms with Crippen LogP contribution in [0.4, 0.5) is 5.69 Å². The van der Waals surface area contributed by atoms with E-state index in [1.165, 1.54) is 0 Å². The first-order chi connectivity index (χ1) is 9.67. The summed E-state index contributed by atoms with van der Waals surface area (Å²) < 4.78 is 0. The van der Waals surface area contributed by atoms with Crippen molar-refractivity contribution >= 4 is 17.3 Å². The van der Waals surface area contributed by atoms with Crippen molar-refractivity contribution in [3.8, 4) is 0 Å². The van der Waals surface area contributed by atoms with E-state index in [2.05, 4.69) is 10.6 Å². The molecule has 0 saturated carbocycles. The van der Waals surface area contributed by atoms with Crippen LogP contribution in [0.25, 0.3) is 0 Å². The Balaban J connectivity index is 2.40. The Kier molecular flexibility index (Phi) is 4.15. The molecule has 0 bridgehead atoms. The first-order valence-corrected chi connectivity index (χ1v) is 6.35. The fourth-order valence-electron chi connectivity index (χ4n) is 1.99. The third-order valence-electron chi connectivity index (χ3n) is 3.13. The minimum absolute atomic E-state index is 0.183. The molecule has 0 aliphatic carbocycles. The highest BCUT2D eigenvalue weighted by Gasteiger charge is 2.14. The molecule has 0 radical (unpaired) electrons. The SMILES string of the molecule is CNC(=O)c1ccccc1C(=N)c1ccc(NC)cc1. The van der Waals surface area contributed by atoms with Gasteiger partial charge in [0, 0.05) is 36.5 Å². The molecule has 4 nitrogen and oxygen atoms in total. The first kappa shape index (κ1) is 13.8. The van der Waals surface area contributed by atoms with Crippen LogP contribution in [0.3, 0.4) is 0 Å². The summed E-state index contributed by atoms with van der Waals surface area (Å²) in [5.74, 6) is -0.183. The van der Waals surface area contributed by atoms with Gasteiger partial charge in [0.1, 0.15) is 0 Å². The smallest absolute Gasteiger partial charge is 0.251 e. The molecule has 2 aromatic carbocycles. The van der Waals surface area contributed by atoms with Gasteiger partial charge in [0.15, 0.2) is 0 Å². The van der Waals surface area contributed by atoms with E-state index in [-0.39, 0.29) is 5.91 Å². The van der Waals surface area contributed by atoms with Crippen LogP contribution in [0.1, 0.15) is 21.5 Å². The van der Waals surface area contributed by atoms with Gasteiger partial charge in [0.05, 0.1) is 5.71 Å². The van der Waals surface area contributed by atoms with Gasteiger partial charge >= 0.3 is 0 Å². The fraction of sp³-hybridized carbons (Fsp3) is 0.125. The maximum atomic E-state index is 11.9. The van der Waals surface area contributed by atoms with Crippen molar-refractivity contribution in [3.05, 3.63) is 65.2 Å². The van der Waals surface area contributed by atoms with Crippen LogP contribution in [0, 0.1) is 5.41 Å². The number of hydrogen-bond donors (Lipinski definition) is 3. The molecule has 0 atom stereocenters. The zero-order chi connectivity index (χ0) is 14.5. The van der Waals surface area contributed by atoms with Gasteiger partial charge in [-0.1, -0.05) is 30.3 Å². The molecule has 2 aromatic rings. The number of anilines is 1. The summed E-state index contributed by atoms with van der Waals surface area (Å²) in [6, 6.07) is 14.7. The molecule has 0 heterocycles. The maximum absolute atomic E-state index is 11.9. The van der Waals surface area contributed by atoms with E-state index < -0.39 is 0 Å². The lowest BCUT2D eigenvalue weighted by Gasteiger charge is -2.10. The molecule has 0 fully saturated rings. The third-order valence-corrected chi connectivity index (χ3v) is 3.13. The van der Waals surface area contributed by atoms with Crippen LogP contribution < -0.4 is 10.6 Å². The average Bonchev–Trinajstić information content (AvgIpc) is 2.53. The van der Waals surface area contributed by atoms with Crippen LogP contribution in [0.2, 0.25) is 0 Å². The van der Waals surface area contributed by atoms with E-state index >= 15 is 0 Å². The molecule has 4 heteroatoms. The van der Waals surface area contributed by atoms with Crippen molar-refractivity contribution in [1.82, 2.24) is 5.32 Å². The molecule has 0 aromatic heterocycles. The molecule has 3 N–H and O–H groups in total. The molecule has 20 heavy (non-hydrogen) atoms. The molecular formula is C16H17N3O. The van der Waals surface area contributed by atoms with E-state index in [1.54, 1.807) is 25.2 Å². The first-order valence-electron chi connectivity index (χ1n) is 6.35. The molecular weight excluding hydrogens is 250 g/mol. The number of benzene rings is 2. The van der Waals surface area contributed by atoms with E-state index in [9.17, 15) is 4.79 Å². The number of hydrogen-bond acceptors (Lipinski definition) is 3. The molecule has 0 saturated heterocycles. The monoisotopic (exact) mass is 267 g/mol. The zero-order valence-corrected chi connectivity index (χ0v) is 11.5. The van der Waals surface area contributed by atoms with Crippen molar-refractivity contribution in [3.63, 3.8) is 0 Å². The lowest BCUT2D eigenvalue weighted by Crippen LogP contribution is -2.21. The molecule has 0 aliphatic rings. The minimum Gasteiger partial charge on any atom is -0.388 e. The Bertz CT molecular complexity index is 632. The zero-order valence-electron chi connectivity index (χ0n) is 11.5. The highest BCUT2D eigenvalue weighted by molar-refractivity contribution is 6.16. The average molecular weight is 267 g/mol. The summed E-state index contributed by atoms with van der Waals surface area (Å²) in [6.45, 7) is 0. The van der Waals surface area contributed by atoms with Crippen LogP contribution >= 0.6 is 0 Å². The molecule has 0 unspecified atom stereocenters. The number of amides is 1. The van der Waals surface area contributed by atoms with Crippen molar-refractivity contribution in [2.45, 2.75) is 0 Å². The summed E-state index contributed by atoms with van der Waals surface area (Å²) in [5.41, 5.74) is 3.25. The number of rotatable bonds is 4. The summed E-state index contributed by atoms with van der Waals surface area (Å²) >= 11 is 0. The summed E-state index contributed by atoms with van der Waals surface area (Å²) in [7, 11) is 3.44. The van der Waals surface area contributed by atoms with E-state index in [0.29, 0.717) is 16.8 Å². The van der Waals surface area contributed by atoms with Gasteiger partial charge in [-0.3, -0.25) is 10.2 Å². The largest absolute Gasteiger partial charge is 0.388 e. The van der Waals surface area contributed by atoms with Gasteiger partial charge in [-0.2, -0.15) is 0 Å². The fourth-order valence-corrected chi connectivity index (χ4v) is 1.99. The highest BCUT2D eigenvalue weighted by atomic mass is 16.1. The second-order valence-corrected chi connectivity index (χ2v) is 4.33. The quantitative estimate of drug-likeness (QED) is 0.745. The second kappa shape index (κ2) is 6.02. The van der Waals surface area contributed by atoms with Gasteiger partial charge in [-0.15, -0.1) is 0 Å². The van der Waals surface area contributed by atoms with Crippen molar-refractivity contribution in [1.29, 1.82) is 5.41 Å². The molecule has 102 valence electrons. The van der Waals surface area contributed by atoms with Crippen LogP contribution in [0.15, 0.2) is 48.5 Å². The van der Waals surface area contributed by atoms with Gasteiger partial charge in [0.25, 0.3) is 5.91 Å². The van der Waals surface area contributed by atoms with Crippen LogP contribution in [-0.4, -0.2) is 25.7 Å². The van der Waals surface area contributed by atoms with Gasteiger partial charge in [0.2, 0.25) is 0 Å². The van der Waals surface area contributed by atoms with Crippen molar-refractivity contribution in [2.24, 2.45) is 0 Å². The normalized spacial score (nSPS) is 9.90. The lowest BCUT2D eigenvalue weighted by molar-refractivity contribution is 0.0963. The summed E-state index contributed by atoms with van der Waals surface area (Å²) in [5, 5.41) is 13.9. The number of carbonyl (C=O) groups is 1. The van der Waals surface area contributed by atoms with Crippen molar-refractivity contribution < 1.29 is 4.79 Å². The Morgan fingerprint density at radius 1 is 0.950 bits per heavy atom.